The summed E-state index contributed by atoms with van der Waals surface area (Å²) in [7, 11) is 3.38. The van der Waals surface area contributed by atoms with E-state index in [2.05, 4.69) is 17.2 Å². The van der Waals surface area contributed by atoms with Gasteiger partial charge in [-0.15, -0.1) is 0 Å². The molecule has 140 valence electrons. The summed E-state index contributed by atoms with van der Waals surface area (Å²) >= 11 is 0. The van der Waals surface area contributed by atoms with Gasteiger partial charge in [-0.2, -0.15) is 0 Å². The van der Waals surface area contributed by atoms with Crippen molar-refractivity contribution in [2.45, 2.75) is 6.54 Å². The molecule has 2 amide bonds. The summed E-state index contributed by atoms with van der Waals surface area (Å²) in [6.45, 7) is 0.448. The Kier molecular flexibility index (Phi) is 6.33. The minimum absolute atomic E-state index is 0.195. The molecule has 3 aromatic rings. The lowest BCUT2D eigenvalue weighted by molar-refractivity contribution is 0.220. The highest BCUT2D eigenvalue weighted by Crippen LogP contribution is 2.19. The van der Waals surface area contributed by atoms with Crippen molar-refractivity contribution in [1.82, 2.24) is 4.90 Å². The zero-order valence-corrected chi connectivity index (χ0v) is 16.0. The van der Waals surface area contributed by atoms with Crippen molar-refractivity contribution in [3.05, 3.63) is 95.6 Å². The van der Waals surface area contributed by atoms with E-state index < -0.39 is 0 Å². The Morgan fingerprint density at radius 1 is 0.929 bits per heavy atom. The van der Waals surface area contributed by atoms with Crippen LogP contribution in [-0.4, -0.2) is 25.1 Å². The highest BCUT2D eigenvalue weighted by molar-refractivity contribution is 5.89. The number of nitrogens with one attached hydrogen (secondary N) is 1. The molecule has 0 saturated heterocycles. The molecule has 4 heteroatoms. The van der Waals surface area contributed by atoms with Gasteiger partial charge in [0.2, 0.25) is 0 Å². The van der Waals surface area contributed by atoms with E-state index in [4.69, 9.17) is 4.74 Å². The molecule has 0 aromatic heterocycles. The molecule has 28 heavy (non-hydrogen) atoms. The average molecular weight is 370 g/mol. The third-order valence-electron chi connectivity index (χ3n) is 4.19. The summed E-state index contributed by atoms with van der Waals surface area (Å²) in [4.78, 5) is 14.2. The maximum absolute atomic E-state index is 12.5. The van der Waals surface area contributed by atoms with Gasteiger partial charge in [0.1, 0.15) is 5.75 Å². The second-order valence-electron chi connectivity index (χ2n) is 6.29. The van der Waals surface area contributed by atoms with Gasteiger partial charge in [-0.3, -0.25) is 0 Å². The fourth-order valence-corrected chi connectivity index (χ4v) is 2.72. The van der Waals surface area contributed by atoms with Crippen LogP contribution in [0.3, 0.4) is 0 Å². The monoisotopic (exact) mass is 370 g/mol. The Hall–Kier alpha value is -3.71. The topological polar surface area (TPSA) is 41.6 Å². The molecule has 0 bridgehead atoms. The third-order valence-corrected chi connectivity index (χ3v) is 4.19. The van der Waals surface area contributed by atoms with Gasteiger partial charge in [0, 0.05) is 29.4 Å². The van der Waals surface area contributed by atoms with Crippen LogP contribution < -0.4 is 10.1 Å². The number of amides is 2. The maximum Gasteiger partial charge on any atom is 0.321 e. The third kappa shape index (κ3) is 5.15. The number of hydrogen-bond donors (Lipinski definition) is 1. The van der Waals surface area contributed by atoms with E-state index in [1.165, 1.54) is 0 Å². The quantitative estimate of drug-likeness (QED) is 0.673. The van der Waals surface area contributed by atoms with Crippen LogP contribution in [0.15, 0.2) is 78.9 Å². The Morgan fingerprint density at radius 3 is 2.39 bits per heavy atom. The van der Waals surface area contributed by atoms with E-state index in [1.54, 1.807) is 19.1 Å². The summed E-state index contributed by atoms with van der Waals surface area (Å²) in [6, 6.07) is 24.8. The zero-order valence-electron chi connectivity index (χ0n) is 16.0. The van der Waals surface area contributed by atoms with Crippen molar-refractivity contribution < 1.29 is 9.53 Å². The number of anilines is 1. The van der Waals surface area contributed by atoms with Gasteiger partial charge in [0.05, 0.1) is 13.7 Å². The van der Waals surface area contributed by atoms with Gasteiger partial charge >= 0.3 is 6.03 Å². The van der Waals surface area contributed by atoms with Gasteiger partial charge in [-0.25, -0.2) is 4.79 Å². The number of urea groups is 1. The van der Waals surface area contributed by atoms with Crippen LogP contribution in [0.5, 0.6) is 5.75 Å². The second-order valence-corrected chi connectivity index (χ2v) is 6.29. The molecule has 3 rings (SSSR count). The first-order valence-corrected chi connectivity index (χ1v) is 8.97. The number of carbonyl (C=O) groups is 1. The number of hydrogen-bond acceptors (Lipinski definition) is 2. The molecule has 0 atom stereocenters. The van der Waals surface area contributed by atoms with E-state index in [0.717, 1.165) is 22.4 Å². The van der Waals surface area contributed by atoms with Crippen molar-refractivity contribution in [1.29, 1.82) is 0 Å². The first-order valence-electron chi connectivity index (χ1n) is 8.97. The first-order chi connectivity index (χ1) is 13.7. The SMILES string of the molecule is COc1ccccc1CN(C)C(=O)Nc1cccc(C#Cc2ccccc2)c1. The number of para-hydroxylation sites is 1. The lowest BCUT2D eigenvalue weighted by atomic mass is 10.1. The van der Waals surface area contributed by atoms with Crippen LogP contribution in [0.2, 0.25) is 0 Å². The highest BCUT2D eigenvalue weighted by Gasteiger charge is 2.12. The molecule has 0 saturated carbocycles. The standard InChI is InChI=1S/C24H22N2O2/c1-26(18-21-12-6-7-14-23(21)28-2)24(27)25-22-13-8-11-20(17-22)16-15-19-9-4-3-5-10-19/h3-14,17H,18H2,1-2H3,(H,25,27). The lowest BCUT2D eigenvalue weighted by Crippen LogP contribution is -2.31. The summed E-state index contributed by atoms with van der Waals surface area (Å²) in [5.41, 5.74) is 3.45. The minimum Gasteiger partial charge on any atom is -0.496 e. The molecule has 0 spiro atoms. The van der Waals surface area contributed by atoms with E-state index in [1.807, 2.05) is 78.9 Å². The van der Waals surface area contributed by atoms with Gasteiger partial charge in [-0.05, 0) is 36.4 Å². The Labute approximate surface area is 165 Å². The van der Waals surface area contributed by atoms with Crippen LogP contribution in [0, 0.1) is 11.8 Å². The van der Waals surface area contributed by atoms with E-state index >= 15 is 0 Å². The van der Waals surface area contributed by atoms with Gasteiger partial charge in [0.15, 0.2) is 0 Å². The molecular formula is C24H22N2O2. The van der Waals surface area contributed by atoms with Gasteiger partial charge < -0.3 is 15.0 Å². The predicted octanol–water partition coefficient (Wildman–Crippen LogP) is 4.76. The Bertz CT molecular complexity index is 1000. The molecule has 4 nitrogen and oxygen atoms in total. The number of rotatable bonds is 4. The van der Waals surface area contributed by atoms with Crippen LogP contribution in [0.4, 0.5) is 10.5 Å². The summed E-state index contributed by atoms with van der Waals surface area (Å²) in [5.74, 6) is 7.01. The van der Waals surface area contributed by atoms with Crippen molar-refractivity contribution in [3.63, 3.8) is 0 Å². The van der Waals surface area contributed by atoms with E-state index in [9.17, 15) is 4.79 Å². The fraction of sp³-hybridized carbons (Fsp3) is 0.125. The van der Waals surface area contributed by atoms with Crippen LogP contribution in [-0.2, 0) is 6.54 Å². The molecule has 0 aliphatic rings. The molecule has 0 aliphatic heterocycles. The number of methoxy groups -OCH3 is 1. The predicted molar refractivity (Wildman–Crippen MR) is 112 cm³/mol. The largest absolute Gasteiger partial charge is 0.496 e. The second kappa shape index (κ2) is 9.29. The maximum atomic E-state index is 12.5. The zero-order chi connectivity index (χ0) is 19.8. The molecule has 0 heterocycles. The first kappa shape index (κ1) is 19.1. The molecule has 0 radical (unpaired) electrons. The number of carbonyl (C=O) groups excluding carboxylic acids is 1. The summed E-state index contributed by atoms with van der Waals surface area (Å²) in [5, 5.41) is 2.92. The van der Waals surface area contributed by atoms with Crippen LogP contribution >= 0.6 is 0 Å². The lowest BCUT2D eigenvalue weighted by Gasteiger charge is -2.19. The fourth-order valence-electron chi connectivity index (χ4n) is 2.72. The summed E-state index contributed by atoms with van der Waals surface area (Å²) in [6.07, 6.45) is 0. The molecule has 1 N–H and O–H groups in total. The minimum atomic E-state index is -0.195. The Morgan fingerprint density at radius 2 is 1.61 bits per heavy atom. The van der Waals surface area contributed by atoms with Crippen LogP contribution in [0.25, 0.3) is 0 Å². The molecule has 0 aliphatic carbocycles. The van der Waals surface area contributed by atoms with Gasteiger partial charge in [-0.1, -0.05) is 54.3 Å². The van der Waals surface area contributed by atoms with Crippen molar-refractivity contribution in [2.24, 2.45) is 0 Å². The normalized spacial score (nSPS) is 9.79. The smallest absolute Gasteiger partial charge is 0.321 e. The van der Waals surface area contributed by atoms with Crippen molar-refractivity contribution in [2.75, 3.05) is 19.5 Å². The summed E-state index contributed by atoms with van der Waals surface area (Å²) < 4.78 is 5.35. The van der Waals surface area contributed by atoms with Crippen LogP contribution in [0.1, 0.15) is 16.7 Å². The van der Waals surface area contributed by atoms with E-state index in [-0.39, 0.29) is 6.03 Å². The van der Waals surface area contributed by atoms with Crippen molar-refractivity contribution in [3.8, 4) is 17.6 Å². The molecule has 0 unspecified atom stereocenters. The molecule has 0 fully saturated rings. The van der Waals surface area contributed by atoms with Crippen molar-refractivity contribution >= 4 is 11.7 Å². The highest BCUT2D eigenvalue weighted by atomic mass is 16.5. The molecule has 3 aromatic carbocycles. The van der Waals surface area contributed by atoms with Gasteiger partial charge in [0.25, 0.3) is 0 Å². The van der Waals surface area contributed by atoms with E-state index in [0.29, 0.717) is 12.2 Å². The molecular weight excluding hydrogens is 348 g/mol. The number of benzene rings is 3. The number of nitrogens with zero attached hydrogens (tertiary/aromatic N) is 1. The number of ether oxygens (including phenoxy) is 1. The Balaban J connectivity index is 1.66. The average Bonchev–Trinajstić information content (AvgIpc) is 2.73.